The average molecular weight is 273 g/mol. The first-order valence-corrected chi connectivity index (χ1v) is 6.81. The Morgan fingerprint density at radius 3 is 2.80 bits per heavy atom. The van der Waals surface area contributed by atoms with Crippen LogP contribution in [-0.4, -0.2) is 14.8 Å². The van der Waals surface area contributed by atoms with Crippen LogP contribution < -0.4 is 0 Å². The molecular weight excluding hydrogens is 252 g/mol. The van der Waals surface area contributed by atoms with Gasteiger partial charge in [-0.25, -0.2) is 4.98 Å². The SMILES string of the molecule is CCCCC(CC)C(Br)Cc1ncc[nH]1. The maximum absolute atomic E-state index is 4.27. The lowest BCUT2D eigenvalue weighted by Crippen LogP contribution is -2.17. The zero-order valence-electron chi connectivity index (χ0n) is 9.67. The summed E-state index contributed by atoms with van der Waals surface area (Å²) in [6.45, 7) is 4.53. The Morgan fingerprint density at radius 1 is 1.47 bits per heavy atom. The van der Waals surface area contributed by atoms with Crippen molar-refractivity contribution in [1.82, 2.24) is 9.97 Å². The fraction of sp³-hybridized carbons (Fsp3) is 0.750. The molecule has 0 amide bonds. The van der Waals surface area contributed by atoms with Crippen LogP contribution in [0.4, 0.5) is 0 Å². The summed E-state index contributed by atoms with van der Waals surface area (Å²) in [5.74, 6) is 1.86. The number of nitrogens with one attached hydrogen (secondary N) is 1. The molecule has 0 spiro atoms. The minimum Gasteiger partial charge on any atom is -0.349 e. The molecule has 1 aromatic rings. The highest BCUT2D eigenvalue weighted by Gasteiger charge is 2.17. The smallest absolute Gasteiger partial charge is 0.107 e. The van der Waals surface area contributed by atoms with E-state index >= 15 is 0 Å². The summed E-state index contributed by atoms with van der Waals surface area (Å²) in [6.07, 6.45) is 9.91. The van der Waals surface area contributed by atoms with Gasteiger partial charge < -0.3 is 4.98 Å². The van der Waals surface area contributed by atoms with Crippen LogP contribution in [0.15, 0.2) is 12.4 Å². The molecule has 1 heterocycles. The van der Waals surface area contributed by atoms with E-state index in [1.807, 2.05) is 12.4 Å². The number of imidazole rings is 1. The maximum Gasteiger partial charge on any atom is 0.107 e. The van der Waals surface area contributed by atoms with E-state index in [-0.39, 0.29) is 0 Å². The third kappa shape index (κ3) is 4.37. The van der Waals surface area contributed by atoms with Crippen molar-refractivity contribution in [3.05, 3.63) is 18.2 Å². The van der Waals surface area contributed by atoms with Gasteiger partial charge in [0.2, 0.25) is 0 Å². The van der Waals surface area contributed by atoms with E-state index in [9.17, 15) is 0 Å². The number of unbranched alkanes of at least 4 members (excludes halogenated alkanes) is 1. The highest BCUT2D eigenvalue weighted by molar-refractivity contribution is 9.09. The molecule has 0 aliphatic rings. The van der Waals surface area contributed by atoms with E-state index in [1.54, 1.807) is 0 Å². The van der Waals surface area contributed by atoms with E-state index in [0.29, 0.717) is 4.83 Å². The standard InChI is InChI=1S/C12H21BrN2/c1-3-5-6-10(4-2)11(13)9-12-14-7-8-15-12/h7-8,10-11H,3-6,9H2,1-2H3,(H,14,15). The highest BCUT2D eigenvalue weighted by Crippen LogP contribution is 2.24. The summed E-state index contributed by atoms with van der Waals surface area (Å²) in [6, 6.07) is 0. The first kappa shape index (κ1) is 12.8. The molecule has 0 bridgehead atoms. The van der Waals surface area contributed by atoms with E-state index in [2.05, 4.69) is 39.7 Å². The second-order valence-electron chi connectivity index (χ2n) is 4.07. The second kappa shape index (κ2) is 7.04. The molecule has 0 aromatic carbocycles. The van der Waals surface area contributed by atoms with Crippen molar-refractivity contribution in [3.8, 4) is 0 Å². The predicted octanol–water partition coefficient (Wildman–Crippen LogP) is 3.93. The molecule has 2 nitrogen and oxygen atoms in total. The number of hydrogen-bond acceptors (Lipinski definition) is 1. The van der Waals surface area contributed by atoms with Crippen molar-refractivity contribution in [3.63, 3.8) is 0 Å². The van der Waals surface area contributed by atoms with Gasteiger partial charge in [0.25, 0.3) is 0 Å². The first-order chi connectivity index (χ1) is 7.27. The summed E-state index contributed by atoms with van der Waals surface area (Å²) in [4.78, 5) is 7.99. The van der Waals surface area contributed by atoms with E-state index in [4.69, 9.17) is 0 Å². The van der Waals surface area contributed by atoms with Crippen LogP contribution in [0.25, 0.3) is 0 Å². The molecule has 0 aliphatic heterocycles. The molecule has 0 saturated heterocycles. The van der Waals surface area contributed by atoms with Gasteiger partial charge in [0.05, 0.1) is 0 Å². The number of halogens is 1. The fourth-order valence-corrected chi connectivity index (χ4v) is 2.81. The second-order valence-corrected chi connectivity index (χ2v) is 5.24. The molecule has 86 valence electrons. The molecule has 15 heavy (non-hydrogen) atoms. The monoisotopic (exact) mass is 272 g/mol. The molecule has 0 saturated carbocycles. The maximum atomic E-state index is 4.27. The lowest BCUT2D eigenvalue weighted by molar-refractivity contribution is 0.434. The number of aromatic nitrogens is 2. The fourth-order valence-electron chi connectivity index (χ4n) is 1.87. The molecule has 3 heteroatoms. The highest BCUT2D eigenvalue weighted by atomic mass is 79.9. The van der Waals surface area contributed by atoms with Gasteiger partial charge in [-0.15, -0.1) is 0 Å². The molecule has 1 rings (SSSR count). The van der Waals surface area contributed by atoms with Crippen LogP contribution in [-0.2, 0) is 6.42 Å². The van der Waals surface area contributed by atoms with Gasteiger partial charge in [-0.05, 0) is 12.3 Å². The van der Waals surface area contributed by atoms with Gasteiger partial charge in [0.15, 0.2) is 0 Å². The lowest BCUT2D eigenvalue weighted by atomic mass is 9.94. The van der Waals surface area contributed by atoms with Crippen molar-refractivity contribution in [2.75, 3.05) is 0 Å². The molecule has 0 fully saturated rings. The summed E-state index contributed by atoms with van der Waals surface area (Å²) in [7, 11) is 0. The number of rotatable bonds is 7. The number of alkyl halides is 1. The third-order valence-electron chi connectivity index (χ3n) is 2.91. The van der Waals surface area contributed by atoms with Crippen LogP contribution in [0.5, 0.6) is 0 Å². The minimum atomic E-state index is 0.556. The summed E-state index contributed by atoms with van der Waals surface area (Å²) in [5, 5.41) is 0. The number of H-pyrrole nitrogens is 1. The normalized spacial score (nSPS) is 15.1. The Balaban J connectivity index is 2.39. The first-order valence-electron chi connectivity index (χ1n) is 5.90. The van der Waals surface area contributed by atoms with E-state index in [1.165, 1.54) is 25.7 Å². The van der Waals surface area contributed by atoms with Gasteiger partial charge in [0, 0.05) is 23.6 Å². The largest absolute Gasteiger partial charge is 0.349 e. The Labute approximate surface area is 101 Å². The molecule has 0 radical (unpaired) electrons. The van der Waals surface area contributed by atoms with Crippen LogP contribution in [0.1, 0.15) is 45.4 Å². The average Bonchev–Trinajstić information content (AvgIpc) is 2.71. The summed E-state index contributed by atoms with van der Waals surface area (Å²) < 4.78 is 0. The molecule has 2 unspecified atom stereocenters. The third-order valence-corrected chi connectivity index (χ3v) is 3.98. The minimum absolute atomic E-state index is 0.556. The zero-order valence-corrected chi connectivity index (χ0v) is 11.3. The number of hydrogen-bond donors (Lipinski definition) is 1. The summed E-state index contributed by atoms with van der Waals surface area (Å²) in [5.41, 5.74) is 0. The van der Waals surface area contributed by atoms with Crippen LogP contribution in [0.3, 0.4) is 0 Å². The zero-order chi connectivity index (χ0) is 11.1. The van der Waals surface area contributed by atoms with Gasteiger partial charge >= 0.3 is 0 Å². The molecule has 1 N–H and O–H groups in total. The van der Waals surface area contributed by atoms with Gasteiger partial charge in [-0.3, -0.25) is 0 Å². The predicted molar refractivity (Wildman–Crippen MR) is 68.3 cm³/mol. The quantitative estimate of drug-likeness (QED) is 0.749. The molecule has 2 atom stereocenters. The topological polar surface area (TPSA) is 28.7 Å². The number of nitrogens with zero attached hydrogens (tertiary/aromatic N) is 1. The Bertz CT molecular complexity index is 246. The molecular formula is C12H21BrN2. The van der Waals surface area contributed by atoms with Crippen molar-refractivity contribution >= 4 is 15.9 Å². The Hall–Kier alpha value is -0.310. The van der Waals surface area contributed by atoms with Crippen LogP contribution in [0.2, 0.25) is 0 Å². The van der Waals surface area contributed by atoms with Gasteiger partial charge in [-0.1, -0.05) is 49.0 Å². The Kier molecular flexibility index (Phi) is 5.99. The van der Waals surface area contributed by atoms with E-state index < -0.39 is 0 Å². The van der Waals surface area contributed by atoms with Gasteiger partial charge in [-0.2, -0.15) is 0 Å². The van der Waals surface area contributed by atoms with Gasteiger partial charge in [0.1, 0.15) is 5.82 Å². The van der Waals surface area contributed by atoms with Crippen molar-refractivity contribution in [2.45, 2.75) is 50.8 Å². The Morgan fingerprint density at radius 2 is 2.27 bits per heavy atom. The van der Waals surface area contributed by atoms with Crippen molar-refractivity contribution in [2.24, 2.45) is 5.92 Å². The van der Waals surface area contributed by atoms with E-state index in [0.717, 1.165) is 18.2 Å². The number of aromatic amines is 1. The molecule has 0 aliphatic carbocycles. The van der Waals surface area contributed by atoms with Crippen LogP contribution >= 0.6 is 15.9 Å². The van der Waals surface area contributed by atoms with Crippen molar-refractivity contribution in [1.29, 1.82) is 0 Å². The van der Waals surface area contributed by atoms with Crippen molar-refractivity contribution < 1.29 is 0 Å². The lowest BCUT2D eigenvalue weighted by Gasteiger charge is -2.20. The molecule has 1 aromatic heterocycles. The summed E-state index contributed by atoms with van der Waals surface area (Å²) >= 11 is 3.80. The van der Waals surface area contributed by atoms with Crippen LogP contribution in [0, 0.1) is 5.92 Å².